The molecule has 1 N–H and O–H groups in total. The van der Waals surface area contributed by atoms with Crippen LogP contribution in [0.15, 0.2) is 28.7 Å². The van der Waals surface area contributed by atoms with E-state index in [1.165, 1.54) is 25.7 Å². The molecule has 0 unspecified atom stereocenters. The fraction of sp³-hybridized carbons (Fsp3) is 0.500. The van der Waals surface area contributed by atoms with E-state index in [-0.39, 0.29) is 0 Å². The third kappa shape index (κ3) is 2.30. The zero-order valence-electron chi connectivity index (χ0n) is 11.7. The van der Waals surface area contributed by atoms with E-state index >= 15 is 0 Å². The van der Waals surface area contributed by atoms with E-state index in [4.69, 9.17) is 4.42 Å². The summed E-state index contributed by atoms with van der Waals surface area (Å²) in [5, 5.41) is 11.8. The number of nitrogens with zero attached hydrogens (tertiary/aromatic N) is 2. The summed E-state index contributed by atoms with van der Waals surface area (Å²) < 4.78 is 5.58. The molecular formula is C16H19N3O. The van der Waals surface area contributed by atoms with Crippen molar-refractivity contribution in [2.75, 3.05) is 5.32 Å². The summed E-state index contributed by atoms with van der Waals surface area (Å²) in [5.74, 6) is 2.94. The van der Waals surface area contributed by atoms with Gasteiger partial charge < -0.3 is 9.73 Å². The lowest BCUT2D eigenvalue weighted by molar-refractivity contribution is 0.532. The van der Waals surface area contributed by atoms with Crippen LogP contribution in [0.25, 0.3) is 11.5 Å². The van der Waals surface area contributed by atoms with Crippen LogP contribution in [0, 0.1) is 18.8 Å². The first-order valence-electron chi connectivity index (χ1n) is 7.47. The summed E-state index contributed by atoms with van der Waals surface area (Å²) in [6.45, 7) is 1.82. The van der Waals surface area contributed by atoms with Crippen LogP contribution in [0.4, 0.5) is 5.69 Å². The second-order valence-corrected chi connectivity index (χ2v) is 6.02. The number of aryl methyl sites for hydroxylation is 1. The van der Waals surface area contributed by atoms with Crippen molar-refractivity contribution in [3.05, 3.63) is 30.2 Å². The lowest BCUT2D eigenvalue weighted by Crippen LogP contribution is -2.24. The van der Waals surface area contributed by atoms with E-state index in [0.29, 0.717) is 17.8 Å². The Morgan fingerprint density at radius 1 is 1.10 bits per heavy atom. The van der Waals surface area contributed by atoms with Crippen LogP contribution >= 0.6 is 0 Å². The fourth-order valence-corrected chi connectivity index (χ4v) is 2.91. The first-order valence-corrected chi connectivity index (χ1v) is 7.47. The van der Waals surface area contributed by atoms with Crippen LogP contribution in [0.3, 0.4) is 0 Å². The minimum Gasteiger partial charge on any atom is -0.421 e. The Hall–Kier alpha value is -1.84. The average Bonchev–Trinajstić information content (AvgIpc) is 3.36. The number of benzene rings is 1. The van der Waals surface area contributed by atoms with Crippen molar-refractivity contribution in [2.45, 2.75) is 38.6 Å². The Morgan fingerprint density at radius 3 is 2.40 bits per heavy atom. The highest BCUT2D eigenvalue weighted by Crippen LogP contribution is 2.46. The first-order chi connectivity index (χ1) is 9.81. The molecule has 0 bridgehead atoms. The number of aromatic nitrogens is 2. The number of hydrogen-bond donors (Lipinski definition) is 1. The van der Waals surface area contributed by atoms with Crippen LogP contribution in [0.2, 0.25) is 0 Å². The zero-order valence-corrected chi connectivity index (χ0v) is 11.7. The monoisotopic (exact) mass is 269 g/mol. The highest BCUT2D eigenvalue weighted by molar-refractivity contribution is 5.72. The van der Waals surface area contributed by atoms with Gasteiger partial charge in [0.15, 0.2) is 0 Å². The maximum absolute atomic E-state index is 5.58. The first kappa shape index (κ1) is 11.9. The molecule has 4 heteroatoms. The van der Waals surface area contributed by atoms with Crippen molar-refractivity contribution in [1.29, 1.82) is 0 Å². The molecule has 20 heavy (non-hydrogen) atoms. The third-order valence-electron chi connectivity index (χ3n) is 4.27. The Labute approximate surface area is 118 Å². The smallest absolute Gasteiger partial charge is 0.249 e. The summed E-state index contributed by atoms with van der Waals surface area (Å²) in [7, 11) is 0. The Kier molecular flexibility index (Phi) is 2.76. The van der Waals surface area contributed by atoms with Crippen molar-refractivity contribution in [3.63, 3.8) is 0 Å². The van der Waals surface area contributed by atoms with Gasteiger partial charge in [-0.05, 0) is 49.7 Å². The molecule has 2 aromatic rings. The van der Waals surface area contributed by atoms with Crippen LogP contribution in [-0.4, -0.2) is 16.2 Å². The van der Waals surface area contributed by atoms with Gasteiger partial charge in [0.2, 0.25) is 11.8 Å². The maximum Gasteiger partial charge on any atom is 0.249 e. The molecule has 0 atom stereocenters. The number of anilines is 1. The summed E-state index contributed by atoms with van der Waals surface area (Å²) in [6, 6.07) is 8.87. The molecular weight excluding hydrogens is 250 g/mol. The van der Waals surface area contributed by atoms with E-state index in [9.17, 15) is 0 Å². The molecule has 0 amide bonds. The fourth-order valence-electron chi connectivity index (χ4n) is 2.91. The molecule has 0 saturated heterocycles. The molecule has 0 spiro atoms. The Balaban J connectivity index is 1.63. The number of para-hydroxylation sites is 1. The van der Waals surface area contributed by atoms with E-state index in [0.717, 1.165) is 23.1 Å². The Bertz CT molecular complexity index is 602. The quantitative estimate of drug-likeness (QED) is 0.900. The molecule has 4 nitrogen and oxygen atoms in total. The highest BCUT2D eigenvalue weighted by atomic mass is 16.4. The molecule has 1 aromatic carbocycles. The molecule has 1 heterocycles. The lowest BCUT2D eigenvalue weighted by atomic mass is 10.1. The van der Waals surface area contributed by atoms with Gasteiger partial charge in [0.25, 0.3) is 0 Å². The van der Waals surface area contributed by atoms with Gasteiger partial charge in [0.05, 0.1) is 5.56 Å². The van der Waals surface area contributed by atoms with E-state index in [1.54, 1.807) is 0 Å². The largest absolute Gasteiger partial charge is 0.421 e. The number of rotatable bonds is 5. The van der Waals surface area contributed by atoms with Gasteiger partial charge in [-0.3, -0.25) is 0 Å². The second kappa shape index (κ2) is 4.62. The van der Waals surface area contributed by atoms with Crippen molar-refractivity contribution in [2.24, 2.45) is 11.8 Å². The van der Waals surface area contributed by atoms with Gasteiger partial charge in [-0.25, -0.2) is 0 Å². The highest BCUT2D eigenvalue weighted by Gasteiger charge is 2.41. The molecule has 1 aromatic heterocycles. The number of nitrogens with one attached hydrogen (secondary N) is 1. The molecule has 2 aliphatic carbocycles. The van der Waals surface area contributed by atoms with E-state index < -0.39 is 0 Å². The minimum atomic E-state index is 0.607. The standard InChI is InChI=1S/C16H19N3O/c1-10-18-19-16(20-10)13-4-2-3-5-14(13)17-15(11-6-7-11)12-8-9-12/h2-5,11-12,15,17H,6-9H2,1H3. The second-order valence-electron chi connectivity index (χ2n) is 6.02. The third-order valence-corrected chi connectivity index (χ3v) is 4.27. The summed E-state index contributed by atoms with van der Waals surface area (Å²) in [5.41, 5.74) is 2.14. The van der Waals surface area contributed by atoms with Gasteiger partial charge in [-0.1, -0.05) is 12.1 Å². The van der Waals surface area contributed by atoms with Gasteiger partial charge in [0, 0.05) is 18.7 Å². The maximum atomic E-state index is 5.58. The molecule has 0 aliphatic heterocycles. The van der Waals surface area contributed by atoms with Crippen molar-refractivity contribution in [1.82, 2.24) is 10.2 Å². The average molecular weight is 269 g/mol. The number of hydrogen-bond acceptors (Lipinski definition) is 4. The molecule has 104 valence electrons. The van der Waals surface area contributed by atoms with Gasteiger partial charge in [0.1, 0.15) is 0 Å². The topological polar surface area (TPSA) is 51.0 Å². The van der Waals surface area contributed by atoms with E-state index in [1.807, 2.05) is 19.1 Å². The molecule has 2 fully saturated rings. The molecule has 2 saturated carbocycles. The van der Waals surface area contributed by atoms with E-state index in [2.05, 4.69) is 27.6 Å². The molecule has 4 rings (SSSR count). The van der Waals surface area contributed by atoms with Gasteiger partial charge in [-0.2, -0.15) is 0 Å². The van der Waals surface area contributed by atoms with Crippen LogP contribution in [-0.2, 0) is 0 Å². The predicted molar refractivity (Wildman–Crippen MR) is 77.3 cm³/mol. The molecule has 2 aliphatic rings. The van der Waals surface area contributed by atoms with Crippen molar-refractivity contribution >= 4 is 5.69 Å². The van der Waals surface area contributed by atoms with Gasteiger partial charge in [-0.15, -0.1) is 10.2 Å². The SMILES string of the molecule is Cc1nnc(-c2ccccc2NC(C2CC2)C2CC2)o1. The van der Waals surface area contributed by atoms with Crippen molar-refractivity contribution in [3.8, 4) is 11.5 Å². The van der Waals surface area contributed by atoms with Crippen LogP contribution < -0.4 is 5.32 Å². The zero-order chi connectivity index (χ0) is 13.5. The van der Waals surface area contributed by atoms with Crippen LogP contribution in [0.5, 0.6) is 0 Å². The van der Waals surface area contributed by atoms with Gasteiger partial charge >= 0.3 is 0 Å². The summed E-state index contributed by atoms with van der Waals surface area (Å²) in [4.78, 5) is 0. The predicted octanol–water partition coefficient (Wildman–Crippen LogP) is 3.65. The van der Waals surface area contributed by atoms with Crippen molar-refractivity contribution < 1.29 is 4.42 Å². The lowest BCUT2D eigenvalue weighted by Gasteiger charge is -2.20. The van der Waals surface area contributed by atoms with Crippen LogP contribution in [0.1, 0.15) is 31.6 Å². The Morgan fingerprint density at radius 2 is 1.80 bits per heavy atom. The molecule has 0 radical (unpaired) electrons. The summed E-state index contributed by atoms with van der Waals surface area (Å²) in [6.07, 6.45) is 5.48. The minimum absolute atomic E-state index is 0.607. The normalized spacial score (nSPS) is 18.5. The summed E-state index contributed by atoms with van der Waals surface area (Å²) >= 11 is 0.